The van der Waals surface area contributed by atoms with Gasteiger partial charge in [-0.3, -0.25) is 0 Å². The number of ether oxygens (including phenoxy) is 2. The molecule has 3 nitrogen and oxygen atoms in total. The van der Waals surface area contributed by atoms with E-state index in [4.69, 9.17) is 9.47 Å². The number of rotatable bonds is 7. The quantitative estimate of drug-likeness (QED) is 0.708. The highest BCUT2D eigenvalue weighted by Crippen LogP contribution is 2.02. The second-order valence-corrected chi connectivity index (χ2v) is 5.44. The van der Waals surface area contributed by atoms with E-state index in [2.05, 4.69) is 39.9 Å². The highest BCUT2D eigenvalue weighted by atomic mass is 16.5. The Bertz CT molecular complexity index is 152. The van der Waals surface area contributed by atoms with E-state index < -0.39 is 0 Å². The molecule has 92 valence electrons. The molecule has 0 aliphatic heterocycles. The Morgan fingerprint density at radius 3 is 2.13 bits per heavy atom. The van der Waals surface area contributed by atoms with Crippen LogP contribution in [0, 0.1) is 5.92 Å². The van der Waals surface area contributed by atoms with E-state index in [9.17, 15) is 0 Å². The molecule has 1 N–H and O–H groups in total. The van der Waals surface area contributed by atoms with E-state index in [-0.39, 0.29) is 11.6 Å². The summed E-state index contributed by atoms with van der Waals surface area (Å²) >= 11 is 0. The van der Waals surface area contributed by atoms with Gasteiger partial charge < -0.3 is 14.8 Å². The van der Waals surface area contributed by atoms with Crippen molar-refractivity contribution in [3.8, 4) is 0 Å². The molecular formula is C12H27NO2. The van der Waals surface area contributed by atoms with Crippen molar-refractivity contribution in [3.63, 3.8) is 0 Å². The molecule has 0 saturated carbocycles. The van der Waals surface area contributed by atoms with Gasteiger partial charge in [0.15, 0.2) is 0 Å². The van der Waals surface area contributed by atoms with Gasteiger partial charge in [-0.15, -0.1) is 0 Å². The van der Waals surface area contributed by atoms with Crippen LogP contribution in [0.3, 0.4) is 0 Å². The maximum atomic E-state index is 5.75. The molecule has 1 atom stereocenters. The summed E-state index contributed by atoms with van der Waals surface area (Å²) in [6.45, 7) is 13.0. The molecule has 15 heavy (non-hydrogen) atoms. The molecule has 0 heterocycles. The molecule has 0 aliphatic carbocycles. The largest absolute Gasteiger partial charge is 0.382 e. The summed E-state index contributed by atoms with van der Waals surface area (Å²) in [6, 6.07) is 0. The van der Waals surface area contributed by atoms with Crippen molar-refractivity contribution in [2.75, 3.05) is 26.9 Å². The van der Waals surface area contributed by atoms with Crippen LogP contribution in [-0.4, -0.2) is 38.5 Å². The second-order valence-electron chi connectivity index (χ2n) is 5.44. The molecule has 0 saturated heterocycles. The van der Waals surface area contributed by atoms with Gasteiger partial charge in [-0.2, -0.15) is 0 Å². The van der Waals surface area contributed by atoms with Crippen molar-refractivity contribution in [1.29, 1.82) is 0 Å². The highest BCUT2D eigenvalue weighted by molar-refractivity contribution is 4.73. The number of methoxy groups -OCH3 is 1. The Balaban J connectivity index is 3.82. The van der Waals surface area contributed by atoms with Gasteiger partial charge in [-0.25, -0.2) is 0 Å². The van der Waals surface area contributed by atoms with Crippen molar-refractivity contribution >= 4 is 0 Å². The molecule has 0 aromatic heterocycles. The molecule has 0 bridgehead atoms. The molecule has 0 radical (unpaired) electrons. The van der Waals surface area contributed by atoms with Crippen LogP contribution in [0.25, 0.3) is 0 Å². The molecule has 1 unspecified atom stereocenters. The minimum absolute atomic E-state index is 0.132. The van der Waals surface area contributed by atoms with Crippen LogP contribution >= 0.6 is 0 Å². The Morgan fingerprint density at radius 2 is 1.73 bits per heavy atom. The third-order valence-electron chi connectivity index (χ3n) is 1.88. The topological polar surface area (TPSA) is 30.5 Å². The molecule has 0 fully saturated rings. The van der Waals surface area contributed by atoms with E-state index in [1.54, 1.807) is 7.11 Å². The molecule has 0 amide bonds. The van der Waals surface area contributed by atoms with E-state index in [0.717, 1.165) is 13.2 Å². The third-order valence-corrected chi connectivity index (χ3v) is 1.88. The van der Waals surface area contributed by atoms with Crippen molar-refractivity contribution in [3.05, 3.63) is 0 Å². The standard InChI is InChI=1S/C12H27NO2/c1-10(2)8-15-11(9-14-6)7-13-12(3,4)5/h10-11,13H,7-9H2,1-6H3. The lowest BCUT2D eigenvalue weighted by atomic mass is 10.1. The fraction of sp³-hybridized carbons (Fsp3) is 1.00. The van der Waals surface area contributed by atoms with Crippen LogP contribution in [0.5, 0.6) is 0 Å². The summed E-state index contributed by atoms with van der Waals surface area (Å²) in [6.07, 6.45) is 0.150. The fourth-order valence-electron chi connectivity index (χ4n) is 1.10. The third kappa shape index (κ3) is 10.2. The second kappa shape index (κ2) is 7.20. The lowest BCUT2D eigenvalue weighted by Gasteiger charge is -2.25. The van der Waals surface area contributed by atoms with Crippen molar-refractivity contribution < 1.29 is 9.47 Å². The smallest absolute Gasteiger partial charge is 0.0932 e. The Kier molecular flexibility index (Phi) is 7.14. The van der Waals surface area contributed by atoms with Gasteiger partial charge in [-0.1, -0.05) is 13.8 Å². The van der Waals surface area contributed by atoms with Gasteiger partial charge in [-0.05, 0) is 26.7 Å². The molecule has 0 spiro atoms. The predicted octanol–water partition coefficient (Wildman–Crippen LogP) is 2.06. The first kappa shape index (κ1) is 14.9. The van der Waals surface area contributed by atoms with Crippen molar-refractivity contribution in [2.24, 2.45) is 5.92 Å². The fourth-order valence-corrected chi connectivity index (χ4v) is 1.10. The highest BCUT2D eigenvalue weighted by Gasteiger charge is 2.14. The predicted molar refractivity (Wildman–Crippen MR) is 64.2 cm³/mol. The van der Waals surface area contributed by atoms with Gasteiger partial charge in [0.2, 0.25) is 0 Å². The minimum Gasteiger partial charge on any atom is -0.382 e. The number of nitrogens with one attached hydrogen (secondary N) is 1. The van der Waals surface area contributed by atoms with Crippen molar-refractivity contribution in [2.45, 2.75) is 46.3 Å². The van der Waals surface area contributed by atoms with Gasteiger partial charge in [0.1, 0.15) is 0 Å². The minimum atomic E-state index is 0.132. The Labute approximate surface area is 94.5 Å². The summed E-state index contributed by atoms with van der Waals surface area (Å²) in [5, 5.41) is 3.43. The maximum Gasteiger partial charge on any atom is 0.0932 e. The molecule has 3 heteroatoms. The van der Waals surface area contributed by atoms with Crippen LogP contribution in [0.15, 0.2) is 0 Å². The molecule has 0 aromatic carbocycles. The zero-order valence-corrected chi connectivity index (χ0v) is 11.1. The Hall–Kier alpha value is -0.120. The number of hydrogen-bond donors (Lipinski definition) is 1. The molecular weight excluding hydrogens is 190 g/mol. The average molecular weight is 217 g/mol. The molecule has 0 aromatic rings. The van der Waals surface area contributed by atoms with Crippen LogP contribution in [0.1, 0.15) is 34.6 Å². The summed E-state index contributed by atoms with van der Waals surface area (Å²) in [7, 11) is 1.71. The maximum absolute atomic E-state index is 5.75. The first-order valence-corrected chi connectivity index (χ1v) is 5.70. The van der Waals surface area contributed by atoms with Gasteiger partial charge in [0.05, 0.1) is 12.7 Å². The van der Waals surface area contributed by atoms with Crippen LogP contribution in [0.2, 0.25) is 0 Å². The van der Waals surface area contributed by atoms with E-state index in [1.807, 2.05) is 0 Å². The van der Waals surface area contributed by atoms with Crippen LogP contribution in [-0.2, 0) is 9.47 Å². The summed E-state index contributed by atoms with van der Waals surface area (Å²) < 4.78 is 10.9. The van der Waals surface area contributed by atoms with E-state index in [0.29, 0.717) is 12.5 Å². The van der Waals surface area contributed by atoms with Crippen LogP contribution < -0.4 is 5.32 Å². The lowest BCUT2D eigenvalue weighted by molar-refractivity contribution is -0.0143. The summed E-state index contributed by atoms with van der Waals surface area (Å²) in [4.78, 5) is 0. The average Bonchev–Trinajstić information content (AvgIpc) is 2.08. The zero-order chi connectivity index (χ0) is 11.9. The Morgan fingerprint density at radius 1 is 1.13 bits per heavy atom. The van der Waals surface area contributed by atoms with Crippen molar-refractivity contribution in [1.82, 2.24) is 5.32 Å². The van der Waals surface area contributed by atoms with Gasteiger partial charge >= 0.3 is 0 Å². The lowest BCUT2D eigenvalue weighted by Crippen LogP contribution is -2.43. The first-order chi connectivity index (χ1) is 6.85. The first-order valence-electron chi connectivity index (χ1n) is 5.70. The van der Waals surface area contributed by atoms with Crippen LogP contribution in [0.4, 0.5) is 0 Å². The molecule has 0 aliphatic rings. The number of hydrogen-bond acceptors (Lipinski definition) is 3. The van der Waals surface area contributed by atoms with E-state index >= 15 is 0 Å². The SMILES string of the molecule is COCC(CNC(C)(C)C)OCC(C)C. The summed E-state index contributed by atoms with van der Waals surface area (Å²) in [5.41, 5.74) is 0.132. The zero-order valence-electron chi connectivity index (χ0n) is 11.1. The molecule has 0 rings (SSSR count). The van der Waals surface area contributed by atoms with E-state index in [1.165, 1.54) is 0 Å². The monoisotopic (exact) mass is 217 g/mol. The van der Waals surface area contributed by atoms with Gasteiger partial charge in [0.25, 0.3) is 0 Å². The summed E-state index contributed by atoms with van der Waals surface area (Å²) in [5.74, 6) is 0.569. The normalized spacial score (nSPS) is 14.6. The van der Waals surface area contributed by atoms with Gasteiger partial charge in [0, 0.05) is 25.8 Å².